The highest BCUT2D eigenvalue weighted by Gasteiger charge is 2.21. The summed E-state index contributed by atoms with van der Waals surface area (Å²) >= 11 is 0. The summed E-state index contributed by atoms with van der Waals surface area (Å²) in [4.78, 5) is 14.1. The van der Waals surface area contributed by atoms with E-state index in [1.54, 1.807) is 12.1 Å². The van der Waals surface area contributed by atoms with E-state index in [9.17, 15) is 4.79 Å². The molecular formula is C15H19N3O. The van der Waals surface area contributed by atoms with Crippen molar-refractivity contribution >= 4 is 5.91 Å². The maximum atomic E-state index is 12.2. The number of nitrogens with zero attached hydrogens (tertiary/aromatic N) is 2. The molecule has 1 saturated heterocycles. The fourth-order valence-electron chi connectivity index (χ4n) is 2.45. The van der Waals surface area contributed by atoms with Crippen LogP contribution < -0.4 is 5.32 Å². The monoisotopic (exact) mass is 257 g/mol. The lowest BCUT2D eigenvalue weighted by molar-refractivity contribution is -0.131. The van der Waals surface area contributed by atoms with Gasteiger partial charge in [0.2, 0.25) is 5.91 Å². The topological polar surface area (TPSA) is 56.1 Å². The van der Waals surface area contributed by atoms with Crippen molar-refractivity contribution in [2.75, 3.05) is 20.1 Å². The van der Waals surface area contributed by atoms with Gasteiger partial charge >= 0.3 is 0 Å². The van der Waals surface area contributed by atoms with Gasteiger partial charge in [-0.2, -0.15) is 5.26 Å². The molecule has 1 aliphatic rings. The Morgan fingerprint density at radius 3 is 2.84 bits per heavy atom. The molecule has 1 aromatic carbocycles. The molecule has 0 radical (unpaired) electrons. The second kappa shape index (κ2) is 6.35. The first kappa shape index (κ1) is 13.6. The van der Waals surface area contributed by atoms with Gasteiger partial charge < -0.3 is 10.2 Å². The van der Waals surface area contributed by atoms with E-state index in [1.165, 1.54) is 0 Å². The Balaban J connectivity index is 1.92. The summed E-state index contributed by atoms with van der Waals surface area (Å²) in [5.74, 6) is 0.157. The first-order valence-electron chi connectivity index (χ1n) is 6.67. The van der Waals surface area contributed by atoms with Crippen LogP contribution in [-0.4, -0.2) is 37.0 Å². The average Bonchev–Trinajstić information content (AvgIpc) is 2.47. The minimum absolute atomic E-state index is 0.157. The van der Waals surface area contributed by atoms with Crippen LogP contribution in [0.4, 0.5) is 0 Å². The molecule has 0 aromatic heterocycles. The number of hydrogen-bond acceptors (Lipinski definition) is 3. The number of hydrogen-bond donors (Lipinski definition) is 1. The lowest BCUT2D eigenvalue weighted by atomic mass is 10.0. The third-order valence-electron chi connectivity index (χ3n) is 3.67. The second-order valence-electron chi connectivity index (χ2n) is 4.93. The van der Waals surface area contributed by atoms with Crippen molar-refractivity contribution in [1.29, 1.82) is 5.26 Å². The number of amides is 1. The molecule has 1 fully saturated rings. The van der Waals surface area contributed by atoms with Crippen LogP contribution in [0.3, 0.4) is 0 Å². The van der Waals surface area contributed by atoms with Crippen molar-refractivity contribution < 1.29 is 4.79 Å². The van der Waals surface area contributed by atoms with Crippen LogP contribution in [0.5, 0.6) is 0 Å². The fraction of sp³-hybridized carbons (Fsp3) is 0.467. The van der Waals surface area contributed by atoms with Gasteiger partial charge in [-0.15, -0.1) is 0 Å². The van der Waals surface area contributed by atoms with E-state index in [0.717, 1.165) is 31.5 Å². The molecule has 19 heavy (non-hydrogen) atoms. The van der Waals surface area contributed by atoms with Gasteiger partial charge in [0.15, 0.2) is 0 Å². The average molecular weight is 257 g/mol. The number of nitriles is 1. The number of nitrogens with one attached hydrogen (secondary N) is 1. The third kappa shape index (κ3) is 3.55. The van der Waals surface area contributed by atoms with Crippen LogP contribution in [0.1, 0.15) is 24.0 Å². The molecule has 1 aromatic rings. The molecule has 0 aliphatic carbocycles. The van der Waals surface area contributed by atoms with Crippen molar-refractivity contribution in [3.8, 4) is 6.07 Å². The SMILES string of the molecule is CNC1CCN(C(=O)Cc2cccc(C#N)c2)CC1. The zero-order valence-electron chi connectivity index (χ0n) is 11.2. The predicted molar refractivity (Wildman–Crippen MR) is 73.5 cm³/mol. The van der Waals surface area contributed by atoms with Gasteiger partial charge in [-0.1, -0.05) is 12.1 Å². The fourth-order valence-corrected chi connectivity index (χ4v) is 2.45. The van der Waals surface area contributed by atoms with E-state index in [-0.39, 0.29) is 5.91 Å². The molecule has 0 spiro atoms. The molecule has 1 amide bonds. The Bertz CT molecular complexity index is 484. The molecule has 0 saturated carbocycles. The van der Waals surface area contributed by atoms with Crippen molar-refractivity contribution in [1.82, 2.24) is 10.2 Å². The van der Waals surface area contributed by atoms with Gasteiger partial charge in [-0.25, -0.2) is 0 Å². The van der Waals surface area contributed by atoms with Gasteiger partial charge in [-0.05, 0) is 37.6 Å². The number of piperidine rings is 1. The van der Waals surface area contributed by atoms with Crippen molar-refractivity contribution in [2.24, 2.45) is 0 Å². The first-order chi connectivity index (χ1) is 9.22. The van der Waals surface area contributed by atoms with Gasteiger partial charge in [0.1, 0.15) is 0 Å². The van der Waals surface area contributed by atoms with E-state index in [0.29, 0.717) is 18.0 Å². The normalized spacial score (nSPS) is 16.1. The minimum atomic E-state index is 0.157. The summed E-state index contributed by atoms with van der Waals surface area (Å²) in [6.45, 7) is 1.64. The lowest BCUT2D eigenvalue weighted by Crippen LogP contribution is -2.44. The Hall–Kier alpha value is -1.86. The summed E-state index contributed by atoms with van der Waals surface area (Å²) in [6, 6.07) is 9.91. The lowest BCUT2D eigenvalue weighted by Gasteiger charge is -2.31. The summed E-state index contributed by atoms with van der Waals surface area (Å²) < 4.78 is 0. The van der Waals surface area contributed by atoms with Crippen LogP contribution in [-0.2, 0) is 11.2 Å². The Labute approximate surface area is 114 Å². The standard InChI is InChI=1S/C15H19N3O/c1-17-14-5-7-18(8-6-14)15(19)10-12-3-2-4-13(9-12)11-16/h2-4,9,14,17H,5-8,10H2,1H3. The number of carbonyl (C=O) groups excluding carboxylic acids is 1. The highest BCUT2D eigenvalue weighted by atomic mass is 16.2. The van der Waals surface area contributed by atoms with E-state index in [1.807, 2.05) is 24.1 Å². The highest BCUT2D eigenvalue weighted by Crippen LogP contribution is 2.12. The number of rotatable bonds is 3. The molecule has 0 unspecified atom stereocenters. The second-order valence-corrected chi connectivity index (χ2v) is 4.93. The minimum Gasteiger partial charge on any atom is -0.342 e. The molecule has 2 rings (SSSR count). The first-order valence-corrected chi connectivity index (χ1v) is 6.67. The van der Waals surface area contributed by atoms with Crippen molar-refractivity contribution in [3.63, 3.8) is 0 Å². The summed E-state index contributed by atoms with van der Waals surface area (Å²) in [5.41, 5.74) is 1.53. The molecule has 4 heteroatoms. The highest BCUT2D eigenvalue weighted by molar-refractivity contribution is 5.79. The molecule has 1 N–H and O–H groups in total. The molecule has 100 valence electrons. The third-order valence-corrected chi connectivity index (χ3v) is 3.67. The summed E-state index contributed by atoms with van der Waals surface area (Å²) in [5, 5.41) is 12.1. The van der Waals surface area contributed by atoms with E-state index in [4.69, 9.17) is 5.26 Å². The summed E-state index contributed by atoms with van der Waals surface area (Å²) in [7, 11) is 1.97. The zero-order valence-corrected chi connectivity index (χ0v) is 11.2. The van der Waals surface area contributed by atoms with Gasteiger partial charge in [0.05, 0.1) is 18.1 Å². The van der Waals surface area contributed by atoms with E-state index < -0.39 is 0 Å². The quantitative estimate of drug-likeness (QED) is 0.888. The zero-order chi connectivity index (χ0) is 13.7. The molecule has 0 bridgehead atoms. The van der Waals surface area contributed by atoms with Crippen molar-refractivity contribution in [3.05, 3.63) is 35.4 Å². The number of likely N-dealkylation sites (tertiary alicyclic amines) is 1. The van der Waals surface area contributed by atoms with Crippen LogP contribution >= 0.6 is 0 Å². The van der Waals surface area contributed by atoms with Crippen LogP contribution in [0, 0.1) is 11.3 Å². The molecular weight excluding hydrogens is 238 g/mol. The van der Waals surface area contributed by atoms with Gasteiger partial charge in [0.25, 0.3) is 0 Å². The van der Waals surface area contributed by atoms with Crippen LogP contribution in [0.15, 0.2) is 24.3 Å². The molecule has 1 heterocycles. The number of benzene rings is 1. The van der Waals surface area contributed by atoms with Gasteiger partial charge in [0, 0.05) is 19.1 Å². The number of carbonyl (C=O) groups is 1. The Morgan fingerprint density at radius 2 is 2.21 bits per heavy atom. The van der Waals surface area contributed by atoms with Crippen molar-refractivity contribution in [2.45, 2.75) is 25.3 Å². The predicted octanol–water partition coefficient (Wildman–Crippen LogP) is 1.31. The summed E-state index contributed by atoms with van der Waals surface area (Å²) in [6.07, 6.45) is 2.42. The van der Waals surface area contributed by atoms with Crippen LogP contribution in [0.2, 0.25) is 0 Å². The maximum absolute atomic E-state index is 12.2. The van der Waals surface area contributed by atoms with E-state index in [2.05, 4.69) is 11.4 Å². The molecule has 0 atom stereocenters. The van der Waals surface area contributed by atoms with Gasteiger partial charge in [-0.3, -0.25) is 4.79 Å². The molecule has 1 aliphatic heterocycles. The smallest absolute Gasteiger partial charge is 0.226 e. The van der Waals surface area contributed by atoms with E-state index >= 15 is 0 Å². The molecule has 4 nitrogen and oxygen atoms in total. The Kier molecular flexibility index (Phi) is 4.53. The largest absolute Gasteiger partial charge is 0.342 e. The van der Waals surface area contributed by atoms with Crippen LogP contribution in [0.25, 0.3) is 0 Å². The maximum Gasteiger partial charge on any atom is 0.226 e. The Morgan fingerprint density at radius 1 is 1.47 bits per heavy atom.